The van der Waals surface area contributed by atoms with Crippen LogP contribution in [0.4, 0.5) is 4.39 Å². The highest BCUT2D eigenvalue weighted by molar-refractivity contribution is 5.23. The molecule has 1 aliphatic rings. The molecule has 1 unspecified atom stereocenters. The lowest BCUT2D eigenvalue weighted by atomic mass is 10.1. The predicted molar refractivity (Wildman–Crippen MR) is 52.9 cm³/mol. The molecule has 76 valence electrons. The Morgan fingerprint density at radius 1 is 1.40 bits per heavy atom. The molecule has 0 spiro atoms. The third kappa shape index (κ3) is 1.33. The molecule has 3 rings (SSSR count). The number of benzene rings is 1. The Balaban J connectivity index is 2.03. The molecule has 0 saturated carbocycles. The van der Waals surface area contributed by atoms with Crippen LogP contribution in [-0.4, -0.2) is 14.8 Å². The van der Waals surface area contributed by atoms with Gasteiger partial charge in [-0.05, 0) is 24.1 Å². The van der Waals surface area contributed by atoms with Crippen LogP contribution in [0.3, 0.4) is 0 Å². The second-order valence-electron chi connectivity index (χ2n) is 3.73. The van der Waals surface area contributed by atoms with Gasteiger partial charge in [-0.25, -0.2) is 14.1 Å². The van der Waals surface area contributed by atoms with Gasteiger partial charge in [0.25, 0.3) is 0 Å². The molecule has 0 bridgehead atoms. The van der Waals surface area contributed by atoms with E-state index in [-0.39, 0.29) is 11.9 Å². The molecule has 1 aromatic heterocycles. The first-order valence-electron chi connectivity index (χ1n) is 4.98. The average Bonchev–Trinajstić information content (AvgIpc) is 2.77. The van der Waals surface area contributed by atoms with Crippen molar-refractivity contribution in [2.45, 2.75) is 18.9 Å². The number of hydrogen-bond acceptors (Lipinski definition) is 2. The van der Waals surface area contributed by atoms with Crippen LogP contribution in [0, 0.1) is 5.82 Å². The Kier molecular flexibility index (Phi) is 1.80. The molecule has 0 amide bonds. The Hall–Kier alpha value is -1.71. The third-order valence-electron chi connectivity index (χ3n) is 2.82. The number of aryl methyl sites for hydroxylation is 1. The lowest BCUT2D eigenvalue weighted by Crippen LogP contribution is -2.07. The first-order chi connectivity index (χ1) is 7.34. The number of aromatic nitrogens is 3. The Morgan fingerprint density at radius 3 is 3.20 bits per heavy atom. The molecular formula is C11H10FN3. The molecule has 1 aliphatic heterocycles. The highest BCUT2D eigenvalue weighted by Gasteiger charge is 2.25. The molecule has 0 radical (unpaired) electrons. The van der Waals surface area contributed by atoms with Crippen LogP contribution in [0.15, 0.2) is 30.6 Å². The van der Waals surface area contributed by atoms with E-state index in [0.717, 1.165) is 24.2 Å². The molecule has 15 heavy (non-hydrogen) atoms. The monoisotopic (exact) mass is 203 g/mol. The first kappa shape index (κ1) is 8.59. The number of nitrogens with zero attached hydrogens (tertiary/aromatic N) is 3. The van der Waals surface area contributed by atoms with Gasteiger partial charge in [0.15, 0.2) is 0 Å². The molecule has 4 heteroatoms. The van der Waals surface area contributed by atoms with E-state index in [4.69, 9.17) is 0 Å². The fourth-order valence-electron chi connectivity index (χ4n) is 2.12. The molecule has 2 heterocycles. The van der Waals surface area contributed by atoms with Crippen LogP contribution in [-0.2, 0) is 6.42 Å². The summed E-state index contributed by atoms with van der Waals surface area (Å²) in [7, 11) is 0. The molecule has 0 fully saturated rings. The fourth-order valence-corrected chi connectivity index (χ4v) is 2.12. The number of hydrogen-bond donors (Lipinski definition) is 0. The third-order valence-corrected chi connectivity index (χ3v) is 2.82. The van der Waals surface area contributed by atoms with Crippen LogP contribution in [0.2, 0.25) is 0 Å². The fraction of sp³-hybridized carbons (Fsp3) is 0.273. The van der Waals surface area contributed by atoms with Gasteiger partial charge in [-0.1, -0.05) is 12.1 Å². The first-order valence-corrected chi connectivity index (χ1v) is 4.98. The van der Waals surface area contributed by atoms with E-state index in [2.05, 4.69) is 10.1 Å². The normalized spacial score (nSPS) is 19.1. The summed E-state index contributed by atoms with van der Waals surface area (Å²) in [6, 6.07) is 6.85. The highest BCUT2D eigenvalue weighted by Crippen LogP contribution is 2.29. The van der Waals surface area contributed by atoms with Crippen LogP contribution in [0.25, 0.3) is 0 Å². The summed E-state index contributed by atoms with van der Waals surface area (Å²) in [6.07, 6.45) is 3.43. The number of fused-ring (bicyclic) bond motifs is 1. The SMILES string of the molecule is Fc1cccc(C2CCc3ncnn32)c1. The molecule has 3 nitrogen and oxygen atoms in total. The quantitative estimate of drug-likeness (QED) is 0.709. The minimum atomic E-state index is -0.193. The molecule has 2 aromatic rings. The zero-order valence-electron chi connectivity index (χ0n) is 8.10. The Bertz CT molecular complexity index is 492. The van der Waals surface area contributed by atoms with E-state index in [9.17, 15) is 4.39 Å². The van der Waals surface area contributed by atoms with Crippen molar-refractivity contribution in [3.8, 4) is 0 Å². The molecule has 0 aliphatic carbocycles. The summed E-state index contributed by atoms with van der Waals surface area (Å²) in [5.74, 6) is 0.797. The minimum absolute atomic E-state index is 0.151. The Morgan fingerprint density at radius 2 is 2.33 bits per heavy atom. The van der Waals surface area contributed by atoms with Crippen LogP contribution < -0.4 is 0 Å². The zero-order valence-corrected chi connectivity index (χ0v) is 8.10. The maximum absolute atomic E-state index is 13.1. The molecule has 0 saturated heterocycles. The van der Waals surface area contributed by atoms with Gasteiger partial charge < -0.3 is 0 Å². The van der Waals surface area contributed by atoms with Crippen molar-refractivity contribution in [2.75, 3.05) is 0 Å². The summed E-state index contributed by atoms with van der Waals surface area (Å²) in [5.41, 5.74) is 0.972. The van der Waals surface area contributed by atoms with Gasteiger partial charge in [0.2, 0.25) is 0 Å². The van der Waals surface area contributed by atoms with Crippen molar-refractivity contribution in [1.82, 2.24) is 14.8 Å². The van der Waals surface area contributed by atoms with Gasteiger partial charge in [0.1, 0.15) is 18.0 Å². The summed E-state index contributed by atoms with van der Waals surface area (Å²) in [4.78, 5) is 4.15. The van der Waals surface area contributed by atoms with Crippen molar-refractivity contribution in [3.63, 3.8) is 0 Å². The molecule has 1 atom stereocenters. The maximum atomic E-state index is 13.1. The second kappa shape index (κ2) is 3.15. The highest BCUT2D eigenvalue weighted by atomic mass is 19.1. The molecular weight excluding hydrogens is 193 g/mol. The van der Waals surface area contributed by atoms with Crippen molar-refractivity contribution in [2.24, 2.45) is 0 Å². The van der Waals surface area contributed by atoms with Crippen molar-refractivity contribution < 1.29 is 4.39 Å². The van der Waals surface area contributed by atoms with E-state index in [0.29, 0.717) is 0 Å². The summed E-state index contributed by atoms with van der Waals surface area (Å²) in [5, 5.41) is 4.17. The number of rotatable bonds is 1. The van der Waals surface area contributed by atoms with E-state index >= 15 is 0 Å². The summed E-state index contributed by atoms with van der Waals surface area (Å²) in [6.45, 7) is 0. The van der Waals surface area contributed by atoms with E-state index in [1.165, 1.54) is 6.07 Å². The van der Waals surface area contributed by atoms with Gasteiger partial charge >= 0.3 is 0 Å². The Labute approximate surface area is 86.6 Å². The van der Waals surface area contributed by atoms with Crippen LogP contribution in [0.1, 0.15) is 23.9 Å². The van der Waals surface area contributed by atoms with Gasteiger partial charge in [-0.15, -0.1) is 0 Å². The maximum Gasteiger partial charge on any atom is 0.138 e. The van der Waals surface area contributed by atoms with Crippen molar-refractivity contribution in [1.29, 1.82) is 0 Å². The minimum Gasteiger partial charge on any atom is -0.243 e. The van der Waals surface area contributed by atoms with E-state index in [1.807, 2.05) is 10.7 Å². The van der Waals surface area contributed by atoms with Gasteiger partial charge in [-0.2, -0.15) is 5.10 Å². The van der Waals surface area contributed by atoms with Gasteiger partial charge in [0, 0.05) is 6.42 Å². The predicted octanol–water partition coefficient (Wildman–Crippen LogP) is 1.95. The molecule has 1 aromatic carbocycles. The number of halogens is 1. The standard InChI is InChI=1S/C11H10FN3/c12-9-3-1-2-8(6-9)10-4-5-11-13-7-14-15(10)11/h1-3,6-7,10H,4-5H2. The van der Waals surface area contributed by atoms with E-state index in [1.54, 1.807) is 18.5 Å². The van der Waals surface area contributed by atoms with Gasteiger partial charge in [-0.3, -0.25) is 0 Å². The van der Waals surface area contributed by atoms with Crippen molar-refractivity contribution >= 4 is 0 Å². The average molecular weight is 203 g/mol. The van der Waals surface area contributed by atoms with Gasteiger partial charge in [0.05, 0.1) is 6.04 Å². The smallest absolute Gasteiger partial charge is 0.138 e. The van der Waals surface area contributed by atoms with E-state index < -0.39 is 0 Å². The lowest BCUT2D eigenvalue weighted by molar-refractivity contribution is 0.547. The topological polar surface area (TPSA) is 30.7 Å². The van der Waals surface area contributed by atoms with Crippen LogP contribution in [0.5, 0.6) is 0 Å². The molecule has 0 N–H and O–H groups in total. The lowest BCUT2D eigenvalue weighted by Gasteiger charge is -2.11. The van der Waals surface area contributed by atoms with Crippen molar-refractivity contribution in [3.05, 3.63) is 47.8 Å². The zero-order chi connectivity index (χ0) is 10.3. The summed E-state index contributed by atoms with van der Waals surface area (Å²) >= 11 is 0. The summed E-state index contributed by atoms with van der Waals surface area (Å²) < 4.78 is 15.0. The van der Waals surface area contributed by atoms with Crippen LogP contribution >= 0.6 is 0 Å². The second-order valence-corrected chi connectivity index (χ2v) is 3.73. The largest absolute Gasteiger partial charge is 0.243 e.